The number of amides is 3. The van der Waals surface area contributed by atoms with E-state index in [1.54, 1.807) is 0 Å². The molecule has 1 fully saturated rings. The molecule has 1 aliphatic heterocycles. The molecule has 0 radical (unpaired) electrons. The minimum absolute atomic E-state index is 0.110. The van der Waals surface area contributed by atoms with Gasteiger partial charge in [0.25, 0.3) is 11.1 Å². The van der Waals surface area contributed by atoms with Gasteiger partial charge in [0.2, 0.25) is 5.91 Å². The number of nitrogens with one attached hydrogen (secondary N) is 1. The molecule has 1 heterocycles. The predicted molar refractivity (Wildman–Crippen MR) is 103 cm³/mol. The Hall–Kier alpha value is -2.35. The summed E-state index contributed by atoms with van der Waals surface area (Å²) in [6.45, 7) is 9.48. The first kappa shape index (κ1) is 21.0. The fourth-order valence-corrected chi connectivity index (χ4v) is 3.72. The molecule has 2 rings (SSSR count). The van der Waals surface area contributed by atoms with E-state index >= 15 is 0 Å². The van der Waals surface area contributed by atoms with Crippen molar-refractivity contribution in [1.29, 1.82) is 0 Å². The zero-order valence-electron chi connectivity index (χ0n) is 16.2. The lowest BCUT2D eigenvalue weighted by Crippen LogP contribution is -2.38. The van der Waals surface area contributed by atoms with Gasteiger partial charge in [0.1, 0.15) is 0 Å². The molecule has 7 nitrogen and oxygen atoms in total. The highest BCUT2D eigenvalue weighted by molar-refractivity contribution is 8.14. The summed E-state index contributed by atoms with van der Waals surface area (Å²) < 4.78 is 5.16. The van der Waals surface area contributed by atoms with Gasteiger partial charge in [-0.25, -0.2) is 4.79 Å². The molecule has 0 aliphatic carbocycles. The third kappa shape index (κ3) is 4.50. The van der Waals surface area contributed by atoms with Gasteiger partial charge in [-0.05, 0) is 62.4 Å². The molecule has 146 valence electrons. The number of hydrogen-bond acceptors (Lipinski definition) is 6. The highest BCUT2D eigenvalue weighted by Gasteiger charge is 2.29. The summed E-state index contributed by atoms with van der Waals surface area (Å²) in [4.78, 5) is 48.4. The number of benzene rings is 1. The lowest BCUT2D eigenvalue weighted by Gasteiger charge is -2.17. The lowest BCUT2D eigenvalue weighted by molar-refractivity contribution is -0.126. The molecule has 1 aromatic carbocycles. The van der Waals surface area contributed by atoms with Crippen LogP contribution in [0.2, 0.25) is 0 Å². The van der Waals surface area contributed by atoms with Gasteiger partial charge in [-0.15, -0.1) is 0 Å². The van der Waals surface area contributed by atoms with Crippen LogP contribution in [0.25, 0.3) is 0 Å². The van der Waals surface area contributed by atoms with E-state index in [9.17, 15) is 19.2 Å². The molecule has 0 atom stereocenters. The van der Waals surface area contributed by atoms with Crippen LogP contribution in [0.4, 0.5) is 4.79 Å². The summed E-state index contributed by atoms with van der Waals surface area (Å²) in [6.07, 6.45) is 0. The molecule has 3 amide bonds. The molecule has 0 saturated carbocycles. The van der Waals surface area contributed by atoms with Crippen molar-refractivity contribution in [1.82, 2.24) is 10.2 Å². The molecule has 1 saturated heterocycles. The van der Waals surface area contributed by atoms with Crippen LogP contribution >= 0.6 is 11.8 Å². The molecular formula is C19H24N2O5S. The Labute approximate surface area is 162 Å². The van der Waals surface area contributed by atoms with E-state index in [4.69, 9.17) is 4.74 Å². The van der Waals surface area contributed by atoms with Gasteiger partial charge in [-0.1, -0.05) is 11.8 Å². The number of hydrogen-bond donors (Lipinski definition) is 1. The fraction of sp³-hybridized carbons (Fsp3) is 0.474. The topological polar surface area (TPSA) is 92.8 Å². The summed E-state index contributed by atoms with van der Waals surface area (Å²) in [7, 11) is 0. The van der Waals surface area contributed by atoms with Crippen LogP contribution in [0.5, 0.6) is 0 Å². The molecule has 1 aromatic rings. The summed E-state index contributed by atoms with van der Waals surface area (Å²) in [5, 5.41) is 2.24. The Balaban J connectivity index is 1.89. The molecule has 0 unspecified atom stereocenters. The minimum atomic E-state index is -0.535. The Morgan fingerprint density at radius 3 is 2.07 bits per heavy atom. The zero-order valence-corrected chi connectivity index (χ0v) is 17.0. The van der Waals surface area contributed by atoms with Gasteiger partial charge < -0.3 is 10.1 Å². The molecule has 0 bridgehead atoms. The minimum Gasteiger partial charge on any atom is -0.452 e. The monoisotopic (exact) mass is 392 g/mol. The van der Waals surface area contributed by atoms with Gasteiger partial charge in [0.15, 0.2) is 6.61 Å². The maximum atomic E-state index is 12.5. The maximum Gasteiger partial charge on any atom is 0.339 e. The van der Waals surface area contributed by atoms with Crippen molar-refractivity contribution in [3.8, 4) is 0 Å². The molecule has 1 N–H and O–H groups in total. The number of nitrogens with zero attached hydrogens (tertiary/aromatic N) is 1. The number of esters is 1. The number of rotatable bonds is 6. The fourth-order valence-electron chi connectivity index (χ4n) is 2.96. The maximum absolute atomic E-state index is 12.5. The van der Waals surface area contributed by atoms with Crippen molar-refractivity contribution in [3.05, 3.63) is 33.4 Å². The molecular weight excluding hydrogens is 368 g/mol. The first-order chi connectivity index (χ1) is 12.6. The van der Waals surface area contributed by atoms with Gasteiger partial charge in [-0.2, -0.15) is 0 Å². The van der Waals surface area contributed by atoms with Crippen LogP contribution in [0.15, 0.2) is 0 Å². The van der Waals surface area contributed by atoms with Crippen LogP contribution in [0.3, 0.4) is 0 Å². The largest absolute Gasteiger partial charge is 0.452 e. The van der Waals surface area contributed by atoms with Crippen molar-refractivity contribution in [2.24, 2.45) is 0 Å². The lowest BCUT2D eigenvalue weighted by atomic mass is 9.90. The van der Waals surface area contributed by atoms with E-state index in [0.717, 1.165) is 44.5 Å². The normalized spacial score (nSPS) is 13.9. The van der Waals surface area contributed by atoms with E-state index in [1.165, 1.54) is 0 Å². The second kappa shape index (κ2) is 8.56. The Bertz CT molecular complexity index is 774. The second-order valence-electron chi connectivity index (χ2n) is 6.53. The van der Waals surface area contributed by atoms with Gasteiger partial charge in [0, 0.05) is 13.1 Å². The van der Waals surface area contributed by atoms with Crippen molar-refractivity contribution in [3.63, 3.8) is 0 Å². The number of ether oxygens (including phenoxy) is 1. The van der Waals surface area contributed by atoms with Crippen LogP contribution < -0.4 is 5.32 Å². The van der Waals surface area contributed by atoms with Crippen LogP contribution in [-0.4, -0.2) is 53.4 Å². The van der Waals surface area contributed by atoms with Crippen LogP contribution in [0, 0.1) is 34.6 Å². The van der Waals surface area contributed by atoms with Gasteiger partial charge in [-0.3, -0.25) is 19.3 Å². The first-order valence-electron chi connectivity index (χ1n) is 8.63. The summed E-state index contributed by atoms with van der Waals surface area (Å²) >= 11 is 0.945. The standard InChI is InChI=1S/C19H24N2O5S/c1-10-11(2)13(4)17(14(5)12(10)3)18(24)26-8-15(22)20-6-7-21-16(23)9-27-19(21)25/h6-9H2,1-5H3,(H,20,22). The SMILES string of the molecule is Cc1c(C)c(C)c(C(=O)OCC(=O)NCCN2C(=O)CSC2=O)c(C)c1C. The second-order valence-corrected chi connectivity index (χ2v) is 7.45. The van der Waals surface area contributed by atoms with Crippen molar-refractivity contribution in [2.75, 3.05) is 25.4 Å². The number of carbonyl (C=O) groups is 4. The van der Waals surface area contributed by atoms with Gasteiger partial charge in [0.05, 0.1) is 11.3 Å². The van der Waals surface area contributed by atoms with E-state index in [1.807, 2.05) is 34.6 Å². The van der Waals surface area contributed by atoms with E-state index in [0.29, 0.717) is 5.56 Å². The molecule has 8 heteroatoms. The van der Waals surface area contributed by atoms with Crippen molar-refractivity contribution in [2.45, 2.75) is 34.6 Å². The molecule has 0 aromatic heterocycles. The highest BCUT2D eigenvalue weighted by Crippen LogP contribution is 2.26. The average Bonchev–Trinajstić information content (AvgIpc) is 2.95. The average molecular weight is 392 g/mol. The summed E-state index contributed by atoms with van der Waals surface area (Å²) in [5.41, 5.74) is 5.41. The highest BCUT2D eigenvalue weighted by atomic mass is 32.2. The van der Waals surface area contributed by atoms with E-state index in [2.05, 4.69) is 5.32 Å². The van der Waals surface area contributed by atoms with Crippen LogP contribution in [-0.2, 0) is 14.3 Å². The van der Waals surface area contributed by atoms with E-state index < -0.39 is 18.5 Å². The van der Waals surface area contributed by atoms with Gasteiger partial charge >= 0.3 is 5.97 Å². The van der Waals surface area contributed by atoms with Crippen molar-refractivity contribution < 1.29 is 23.9 Å². The number of thioether (sulfide) groups is 1. The van der Waals surface area contributed by atoms with Crippen LogP contribution in [0.1, 0.15) is 38.2 Å². The molecule has 0 spiro atoms. The third-order valence-electron chi connectivity index (χ3n) is 5.04. The molecule has 27 heavy (non-hydrogen) atoms. The quantitative estimate of drug-likeness (QED) is 0.746. The molecule has 1 aliphatic rings. The van der Waals surface area contributed by atoms with E-state index in [-0.39, 0.29) is 30.0 Å². The Morgan fingerprint density at radius 2 is 1.56 bits per heavy atom. The first-order valence-corrected chi connectivity index (χ1v) is 9.61. The summed E-state index contributed by atoms with van der Waals surface area (Å²) in [5.74, 6) is -1.14. The Kier molecular flexibility index (Phi) is 6.64. The summed E-state index contributed by atoms with van der Waals surface area (Å²) in [6, 6.07) is 0. The zero-order chi connectivity index (χ0) is 20.3. The smallest absolute Gasteiger partial charge is 0.339 e. The predicted octanol–water partition coefficient (Wildman–Crippen LogP) is 2.20. The number of imide groups is 1. The third-order valence-corrected chi connectivity index (χ3v) is 5.90. The number of carbonyl (C=O) groups excluding carboxylic acids is 4. The van der Waals surface area contributed by atoms with Crippen molar-refractivity contribution >= 4 is 34.8 Å². The Morgan fingerprint density at radius 1 is 1.00 bits per heavy atom.